The fourth-order valence-corrected chi connectivity index (χ4v) is 4.39. The second kappa shape index (κ2) is 13.2. The normalized spacial score (nSPS) is 12.9. The number of hydrogen-bond donors (Lipinski definition) is 3. The first-order chi connectivity index (χ1) is 9.60. The van der Waals surface area contributed by atoms with Crippen molar-refractivity contribution in [1.82, 2.24) is 0 Å². The summed E-state index contributed by atoms with van der Waals surface area (Å²) >= 11 is 0. The molecule has 0 rings (SSSR count). The zero-order valence-corrected chi connectivity index (χ0v) is 16.0. The lowest BCUT2D eigenvalue weighted by molar-refractivity contribution is -0.132. The minimum Gasteiger partial charge on any atom is -0.478 e. The molecule has 0 heterocycles. The summed E-state index contributed by atoms with van der Waals surface area (Å²) in [4.78, 5) is 9.60. The third-order valence-electron chi connectivity index (χ3n) is 2.10. The highest BCUT2D eigenvalue weighted by Crippen LogP contribution is 2.03. The first-order valence-corrected chi connectivity index (χ1v) is 12.0. The maximum absolute atomic E-state index is 9.60. The Labute approximate surface area is 130 Å². The van der Waals surface area contributed by atoms with Gasteiger partial charge in [-0.05, 0) is 39.0 Å². The minimum atomic E-state index is -1.30. The molecule has 0 fully saturated rings. The quantitative estimate of drug-likeness (QED) is 0.309. The van der Waals surface area contributed by atoms with Gasteiger partial charge in [0.2, 0.25) is 0 Å². The van der Waals surface area contributed by atoms with Crippen LogP contribution in [0.2, 0.25) is 25.7 Å². The van der Waals surface area contributed by atoms with Crippen LogP contribution in [0.25, 0.3) is 0 Å². The fourth-order valence-electron chi connectivity index (χ4n) is 0.957. The van der Waals surface area contributed by atoms with Gasteiger partial charge in [0.05, 0.1) is 13.2 Å². The smallest absolute Gasteiger partial charge is 0.330 e. The molecule has 3 N–H and O–H groups in total. The molecular formula is C13H30O6Si2. The van der Waals surface area contributed by atoms with Gasteiger partial charge >= 0.3 is 5.97 Å². The Hall–Kier alpha value is -0.516. The molecule has 0 aromatic rings. The number of rotatable bonds is 10. The molecule has 0 bridgehead atoms. The molecule has 0 aliphatic heterocycles. The van der Waals surface area contributed by atoms with E-state index in [4.69, 9.17) is 24.2 Å². The van der Waals surface area contributed by atoms with Crippen molar-refractivity contribution in [2.45, 2.75) is 45.1 Å². The Balaban J connectivity index is 0. The van der Waals surface area contributed by atoms with Gasteiger partial charge in [0, 0.05) is 12.2 Å². The van der Waals surface area contributed by atoms with Crippen molar-refractivity contribution in [3.05, 3.63) is 12.2 Å². The molecule has 1 atom stereocenters. The maximum Gasteiger partial charge on any atom is 0.330 e. The Morgan fingerprint density at radius 1 is 1.38 bits per heavy atom. The van der Waals surface area contributed by atoms with Crippen LogP contribution in [0.15, 0.2) is 12.2 Å². The van der Waals surface area contributed by atoms with Crippen LogP contribution in [0.1, 0.15) is 13.3 Å². The van der Waals surface area contributed by atoms with E-state index in [2.05, 4.69) is 26.2 Å². The van der Waals surface area contributed by atoms with Crippen molar-refractivity contribution in [3.63, 3.8) is 0 Å². The SMILES string of the molecule is C=C(C)C(=O)O.C[Si](C)(C)O[SiH2]CCCOCC(O)CO. The lowest BCUT2D eigenvalue weighted by Crippen LogP contribution is -2.27. The van der Waals surface area contributed by atoms with Gasteiger partial charge in [-0.2, -0.15) is 0 Å². The van der Waals surface area contributed by atoms with Crippen LogP contribution in [-0.2, 0) is 13.6 Å². The zero-order chi connectivity index (χ0) is 16.9. The average molecular weight is 339 g/mol. The predicted octanol–water partition coefficient (Wildman–Crippen LogP) is 0.747. The van der Waals surface area contributed by atoms with E-state index in [1.165, 1.54) is 6.92 Å². The molecule has 8 heteroatoms. The van der Waals surface area contributed by atoms with E-state index < -0.39 is 20.4 Å². The molecule has 0 aromatic carbocycles. The zero-order valence-electron chi connectivity index (χ0n) is 13.6. The molecule has 0 spiro atoms. The number of ether oxygens (including phenoxy) is 1. The van der Waals surface area contributed by atoms with Crippen molar-refractivity contribution in [2.75, 3.05) is 19.8 Å². The Morgan fingerprint density at radius 2 is 1.90 bits per heavy atom. The summed E-state index contributed by atoms with van der Waals surface area (Å²) < 4.78 is 11.0. The largest absolute Gasteiger partial charge is 0.478 e. The number of hydrogen-bond acceptors (Lipinski definition) is 5. The third-order valence-corrected chi connectivity index (χ3v) is 7.17. The topological polar surface area (TPSA) is 96.2 Å². The molecule has 0 radical (unpaired) electrons. The molecule has 0 saturated heterocycles. The molecule has 0 aliphatic carbocycles. The number of aliphatic hydroxyl groups is 2. The van der Waals surface area contributed by atoms with Crippen molar-refractivity contribution in [3.8, 4) is 0 Å². The second-order valence-electron chi connectivity index (χ2n) is 5.66. The van der Waals surface area contributed by atoms with Crippen LogP contribution in [0.5, 0.6) is 0 Å². The molecule has 0 aromatic heterocycles. The van der Waals surface area contributed by atoms with E-state index in [0.717, 1.165) is 12.5 Å². The summed E-state index contributed by atoms with van der Waals surface area (Å²) in [6.45, 7) is 11.9. The average Bonchev–Trinajstić information content (AvgIpc) is 2.36. The minimum absolute atomic E-state index is 0.176. The first kappa shape index (κ1) is 22.8. The summed E-state index contributed by atoms with van der Waals surface area (Å²) in [6.07, 6.45) is 0.259. The Kier molecular flexibility index (Phi) is 14.3. The number of aliphatic hydroxyl groups excluding tert-OH is 2. The molecule has 0 amide bonds. The summed E-state index contributed by atoms with van der Waals surface area (Å²) in [5.41, 5.74) is 0.176. The van der Waals surface area contributed by atoms with Crippen molar-refractivity contribution >= 4 is 24.0 Å². The summed E-state index contributed by atoms with van der Waals surface area (Å²) in [7, 11) is -1.68. The van der Waals surface area contributed by atoms with Crippen LogP contribution in [0, 0.1) is 0 Å². The number of carboxylic acids is 1. The van der Waals surface area contributed by atoms with Gasteiger partial charge in [0.15, 0.2) is 8.32 Å². The van der Waals surface area contributed by atoms with Crippen molar-refractivity contribution in [2.24, 2.45) is 0 Å². The first-order valence-electron chi connectivity index (χ1n) is 6.99. The molecule has 0 saturated carbocycles. The number of aliphatic carboxylic acids is 1. The van der Waals surface area contributed by atoms with Crippen LogP contribution in [0.3, 0.4) is 0 Å². The molecule has 21 heavy (non-hydrogen) atoms. The number of carboxylic acid groups (broad SMARTS) is 1. The maximum atomic E-state index is 9.60. The van der Waals surface area contributed by atoms with E-state index in [-0.39, 0.29) is 28.5 Å². The predicted molar refractivity (Wildman–Crippen MR) is 88.8 cm³/mol. The van der Waals surface area contributed by atoms with Gasteiger partial charge in [-0.1, -0.05) is 6.58 Å². The molecule has 1 unspecified atom stereocenters. The van der Waals surface area contributed by atoms with Crippen LogP contribution >= 0.6 is 0 Å². The second-order valence-corrected chi connectivity index (χ2v) is 12.2. The van der Waals surface area contributed by atoms with E-state index in [9.17, 15) is 4.79 Å². The number of carbonyl (C=O) groups is 1. The highest BCUT2D eigenvalue weighted by Gasteiger charge is 2.12. The standard InChI is InChI=1S/C9H24O4Si2.C4H6O2/c1-15(2,3)13-14-6-4-5-12-8-9(11)7-10;1-3(2)4(5)6/h9-11H,4-8,14H2,1-3H3;1H2,2H3,(H,5,6). The lowest BCUT2D eigenvalue weighted by atomic mass is 10.4. The van der Waals surface area contributed by atoms with Crippen LogP contribution < -0.4 is 0 Å². The van der Waals surface area contributed by atoms with Gasteiger partial charge < -0.3 is 24.2 Å². The molecule has 6 nitrogen and oxygen atoms in total. The summed E-state index contributed by atoms with van der Waals surface area (Å²) in [5, 5.41) is 25.4. The highest BCUT2D eigenvalue weighted by atomic mass is 28.4. The Morgan fingerprint density at radius 3 is 2.29 bits per heavy atom. The highest BCUT2D eigenvalue weighted by molar-refractivity contribution is 6.73. The van der Waals surface area contributed by atoms with E-state index in [0.29, 0.717) is 6.61 Å². The molecular weight excluding hydrogens is 308 g/mol. The van der Waals surface area contributed by atoms with E-state index in [1.54, 1.807) is 0 Å². The van der Waals surface area contributed by atoms with Gasteiger partial charge in [-0.25, -0.2) is 4.79 Å². The monoisotopic (exact) mass is 338 g/mol. The van der Waals surface area contributed by atoms with E-state index >= 15 is 0 Å². The van der Waals surface area contributed by atoms with Gasteiger partial charge in [0.25, 0.3) is 0 Å². The summed E-state index contributed by atoms with van der Waals surface area (Å²) in [6, 6.07) is 1.12. The van der Waals surface area contributed by atoms with Gasteiger partial charge in [-0.3, -0.25) is 0 Å². The van der Waals surface area contributed by atoms with Crippen LogP contribution in [-0.4, -0.2) is 65.3 Å². The van der Waals surface area contributed by atoms with E-state index in [1.807, 2.05) is 0 Å². The fraction of sp³-hybridized carbons (Fsp3) is 0.769. The molecule has 126 valence electrons. The lowest BCUT2D eigenvalue weighted by Gasteiger charge is -2.17. The third kappa shape index (κ3) is 21.9. The van der Waals surface area contributed by atoms with Gasteiger partial charge in [0.1, 0.15) is 15.9 Å². The van der Waals surface area contributed by atoms with Crippen molar-refractivity contribution < 1.29 is 29.0 Å². The van der Waals surface area contributed by atoms with Gasteiger partial charge in [-0.15, -0.1) is 0 Å². The van der Waals surface area contributed by atoms with Crippen molar-refractivity contribution in [1.29, 1.82) is 0 Å². The summed E-state index contributed by atoms with van der Waals surface area (Å²) in [5.74, 6) is -0.935. The van der Waals surface area contributed by atoms with Crippen LogP contribution in [0.4, 0.5) is 0 Å². The Bertz CT molecular complexity index is 279. The molecule has 0 aliphatic rings.